The number of allylic oxidation sites excluding steroid dienone is 1. The first kappa shape index (κ1) is 32.4. The van der Waals surface area contributed by atoms with Crippen LogP contribution in [0.2, 0.25) is 0 Å². The fourth-order valence-corrected chi connectivity index (χ4v) is 5.95. The summed E-state index contributed by atoms with van der Waals surface area (Å²) >= 11 is 1.23. The minimum atomic E-state index is -0.806. The Hall–Kier alpha value is -5.00. The monoisotopic (exact) mass is 641 g/mol. The van der Waals surface area contributed by atoms with E-state index in [1.54, 1.807) is 49.4 Å². The van der Waals surface area contributed by atoms with Crippen LogP contribution in [0.15, 0.2) is 99.9 Å². The normalized spacial score (nSPS) is 14.3. The second-order valence-corrected chi connectivity index (χ2v) is 11.4. The van der Waals surface area contributed by atoms with Gasteiger partial charge in [-0.25, -0.2) is 9.79 Å². The van der Waals surface area contributed by atoms with Crippen molar-refractivity contribution in [1.29, 1.82) is 0 Å². The quantitative estimate of drug-likeness (QED) is 0.172. The van der Waals surface area contributed by atoms with E-state index >= 15 is 0 Å². The summed E-state index contributed by atoms with van der Waals surface area (Å²) in [5.74, 6) is 0.243. The van der Waals surface area contributed by atoms with Gasteiger partial charge < -0.3 is 24.3 Å². The number of thiazole rings is 1. The fourth-order valence-electron chi connectivity index (χ4n) is 4.90. The molecule has 1 N–H and O–H groups in total. The highest BCUT2D eigenvalue weighted by Crippen LogP contribution is 2.36. The number of aromatic nitrogens is 1. The summed E-state index contributed by atoms with van der Waals surface area (Å²) in [5, 5.41) is 2.78. The van der Waals surface area contributed by atoms with Crippen LogP contribution in [0.5, 0.6) is 11.5 Å². The van der Waals surface area contributed by atoms with E-state index in [0.717, 1.165) is 12.0 Å². The average molecular weight is 642 g/mol. The molecule has 11 heteroatoms. The maximum Gasteiger partial charge on any atom is 0.338 e. The topological polar surface area (TPSA) is 117 Å². The fraction of sp³-hybridized carbons (Fsp3) is 0.257. The lowest BCUT2D eigenvalue weighted by molar-refractivity contribution is -0.140. The number of amides is 1. The van der Waals surface area contributed by atoms with Crippen molar-refractivity contribution in [3.63, 3.8) is 0 Å². The SMILES string of the molecule is CCCOc1ccccc1[C@@H]1C(C(=O)OCCOC)=C(C)N=c2s/c(=C/c3ccc(OCC(=O)Nc4ccccc4)cc3)c(=O)n21. The molecule has 1 aliphatic rings. The van der Waals surface area contributed by atoms with Crippen molar-refractivity contribution in [2.45, 2.75) is 26.3 Å². The molecule has 0 fully saturated rings. The Morgan fingerprint density at radius 2 is 1.70 bits per heavy atom. The van der Waals surface area contributed by atoms with Gasteiger partial charge in [0.1, 0.15) is 24.1 Å². The molecule has 0 saturated heterocycles. The minimum absolute atomic E-state index is 0.0641. The van der Waals surface area contributed by atoms with Crippen LogP contribution in [0.3, 0.4) is 0 Å². The highest BCUT2D eigenvalue weighted by Gasteiger charge is 2.35. The molecule has 46 heavy (non-hydrogen) atoms. The summed E-state index contributed by atoms with van der Waals surface area (Å²) in [6.07, 6.45) is 2.56. The number of carbonyl (C=O) groups excluding carboxylic acids is 2. The maximum absolute atomic E-state index is 14.0. The van der Waals surface area contributed by atoms with E-state index in [0.29, 0.717) is 44.4 Å². The number of anilines is 1. The number of hydrogen-bond donors (Lipinski definition) is 1. The van der Waals surface area contributed by atoms with Gasteiger partial charge in [-0.15, -0.1) is 0 Å². The summed E-state index contributed by atoms with van der Waals surface area (Å²) in [6.45, 7) is 4.39. The molecule has 3 aromatic carbocycles. The number of fused-ring (bicyclic) bond motifs is 1. The molecular formula is C35H35N3O7S. The van der Waals surface area contributed by atoms with Crippen LogP contribution < -0.4 is 29.7 Å². The number of ether oxygens (including phenoxy) is 4. The lowest BCUT2D eigenvalue weighted by Crippen LogP contribution is -2.40. The zero-order valence-electron chi connectivity index (χ0n) is 25.9. The van der Waals surface area contributed by atoms with E-state index in [1.165, 1.54) is 23.0 Å². The minimum Gasteiger partial charge on any atom is -0.493 e. The summed E-state index contributed by atoms with van der Waals surface area (Å²) in [4.78, 5) is 44.8. The Balaban J connectivity index is 1.45. The first-order chi connectivity index (χ1) is 22.4. The predicted molar refractivity (Wildman–Crippen MR) is 176 cm³/mol. The van der Waals surface area contributed by atoms with Crippen LogP contribution in [-0.4, -0.2) is 50.0 Å². The van der Waals surface area contributed by atoms with Crippen molar-refractivity contribution in [2.75, 3.05) is 38.9 Å². The largest absolute Gasteiger partial charge is 0.493 e. The lowest BCUT2D eigenvalue weighted by atomic mass is 9.95. The highest BCUT2D eigenvalue weighted by atomic mass is 32.1. The third-order valence-electron chi connectivity index (χ3n) is 7.04. The third kappa shape index (κ3) is 7.61. The van der Waals surface area contributed by atoms with Crippen molar-refractivity contribution < 1.29 is 28.5 Å². The van der Waals surface area contributed by atoms with Gasteiger partial charge in [-0.1, -0.05) is 66.8 Å². The van der Waals surface area contributed by atoms with E-state index in [4.69, 9.17) is 18.9 Å². The van der Waals surface area contributed by atoms with Gasteiger partial charge in [-0.05, 0) is 55.3 Å². The van der Waals surface area contributed by atoms with Gasteiger partial charge in [-0.3, -0.25) is 14.2 Å². The number of carbonyl (C=O) groups is 2. The molecule has 1 aliphatic heterocycles. The van der Waals surface area contributed by atoms with Crippen LogP contribution in [-0.2, 0) is 19.1 Å². The van der Waals surface area contributed by atoms with E-state index in [-0.39, 0.29) is 36.9 Å². The summed E-state index contributed by atoms with van der Waals surface area (Å²) < 4.78 is 24.2. The van der Waals surface area contributed by atoms with Gasteiger partial charge in [0.15, 0.2) is 11.4 Å². The van der Waals surface area contributed by atoms with Crippen LogP contribution in [0.25, 0.3) is 6.08 Å². The van der Waals surface area contributed by atoms with E-state index in [9.17, 15) is 14.4 Å². The molecule has 1 amide bonds. The van der Waals surface area contributed by atoms with Crippen molar-refractivity contribution in [3.8, 4) is 11.5 Å². The van der Waals surface area contributed by atoms with Gasteiger partial charge >= 0.3 is 5.97 Å². The molecule has 5 rings (SSSR count). The molecular weight excluding hydrogens is 606 g/mol. The maximum atomic E-state index is 14.0. The van der Waals surface area contributed by atoms with E-state index < -0.39 is 12.0 Å². The van der Waals surface area contributed by atoms with Crippen LogP contribution in [0.1, 0.15) is 37.4 Å². The van der Waals surface area contributed by atoms with E-state index in [2.05, 4.69) is 10.3 Å². The Kier molecular flexibility index (Phi) is 10.8. The zero-order chi connectivity index (χ0) is 32.5. The zero-order valence-corrected chi connectivity index (χ0v) is 26.7. The Labute approximate surface area is 270 Å². The number of hydrogen-bond acceptors (Lipinski definition) is 9. The number of benzene rings is 3. The smallest absolute Gasteiger partial charge is 0.338 e. The number of methoxy groups -OCH3 is 1. The number of rotatable bonds is 13. The first-order valence-corrected chi connectivity index (χ1v) is 15.7. The number of nitrogens with one attached hydrogen (secondary N) is 1. The molecule has 0 unspecified atom stereocenters. The highest BCUT2D eigenvalue weighted by molar-refractivity contribution is 7.07. The Bertz CT molecular complexity index is 1900. The summed E-state index contributed by atoms with van der Waals surface area (Å²) in [6, 6.07) is 22.8. The average Bonchev–Trinajstić information content (AvgIpc) is 3.37. The van der Waals surface area contributed by atoms with Crippen LogP contribution >= 0.6 is 11.3 Å². The molecule has 0 bridgehead atoms. The van der Waals surface area contributed by atoms with Crippen LogP contribution in [0.4, 0.5) is 5.69 Å². The molecule has 4 aromatic rings. The second kappa shape index (κ2) is 15.3. The molecule has 0 radical (unpaired) electrons. The molecule has 0 aliphatic carbocycles. The standard InChI is InChI=1S/C35H35N3O7S/c1-4-18-43-28-13-9-8-12-27(28)32-31(34(41)44-20-19-42-3)23(2)36-35-38(32)33(40)29(46-35)21-24-14-16-26(17-15-24)45-22-30(39)37-25-10-6-5-7-11-25/h5-17,21,32H,4,18-20,22H2,1-3H3,(H,37,39)/b29-21+/t32-/m1/s1. The third-order valence-corrected chi connectivity index (χ3v) is 8.03. The van der Waals surface area contributed by atoms with Crippen molar-refractivity contribution >= 4 is 35.0 Å². The summed E-state index contributed by atoms with van der Waals surface area (Å²) in [5.41, 5.74) is 2.53. The molecule has 1 aromatic heterocycles. The van der Waals surface area contributed by atoms with Gasteiger partial charge in [0.2, 0.25) is 0 Å². The van der Waals surface area contributed by atoms with Gasteiger partial charge in [0, 0.05) is 18.4 Å². The lowest BCUT2D eigenvalue weighted by Gasteiger charge is -2.26. The predicted octanol–water partition coefficient (Wildman–Crippen LogP) is 4.23. The summed E-state index contributed by atoms with van der Waals surface area (Å²) in [7, 11) is 1.53. The number of para-hydroxylation sites is 2. The Morgan fingerprint density at radius 1 is 0.957 bits per heavy atom. The number of esters is 1. The second-order valence-electron chi connectivity index (χ2n) is 10.4. The molecule has 10 nitrogen and oxygen atoms in total. The first-order valence-electron chi connectivity index (χ1n) is 14.9. The van der Waals surface area contributed by atoms with Crippen molar-refractivity contribution in [3.05, 3.63) is 121 Å². The van der Waals surface area contributed by atoms with E-state index in [1.807, 2.05) is 49.4 Å². The number of nitrogens with zero attached hydrogens (tertiary/aromatic N) is 2. The van der Waals surface area contributed by atoms with Crippen molar-refractivity contribution in [1.82, 2.24) is 4.57 Å². The van der Waals surface area contributed by atoms with Gasteiger partial charge in [-0.2, -0.15) is 0 Å². The molecule has 1 atom stereocenters. The molecule has 0 spiro atoms. The van der Waals surface area contributed by atoms with Gasteiger partial charge in [0.25, 0.3) is 11.5 Å². The van der Waals surface area contributed by atoms with Gasteiger partial charge in [0.05, 0.1) is 29.0 Å². The molecule has 238 valence electrons. The Morgan fingerprint density at radius 3 is 2.43 bits per heavy atom. The molecule has 0 saturated carbocycles. The van der Waals surface area contributed by atoms with Crippen LogP contribution in [0, 0.1) is 0 Å². The molecule has 2 heterocycles. The van der Waals surface area contributed by atoms with Crippen molar-refractivity contribution in [2.24, 2.45) is 4.99 Å².